The number of likely N-dealkylation sites (tertiary alicyclic amines) is 1. The standard InChI is InChI=1S/C20H27FN4O3/c1-13(25-18(27)20(2,3)23-19(25)28)17(26)22-12-16(24-10-6-7-11-24)14-8-4-5-9-15(14)21/h4-5,8-9,13,16H,6-7,10-12H2,1-3H3,(H,22,26)(H,23,28)/t13-,16-/m1/s1. The molecule has 28 heavy (non-hydrogen) atoms. The average Bonchev–Trinajstić information content (AvgIpc) is 3.23. The van der Waals surface area contributed by atoms with Crippen molar-refractivity contribution < 1.29 is 18.8 Å². The molecule has 0 spiro atoms. The number of carbonyl (C=O) groups excluding carboxylic acids is 3. The summed E-state index contributed by atoms with van der Waals surface area (Å²) >= 11 is 0. The molecule has 2 N–H and O–H groups in total. The second-order valence-electron chi connectivity index (χ2n) is 7.93. The van der Waals surface area contributed by atoms with Gasteiger partial charge in [0.1, 0.15) is 17.4 Å². The average molecular weight is 390 g/mol. The number of hydrogen-bond acceptors (Lipinski definition) is 4. The molecule has 2 saturated heterocycles. The van der Waals surface area contributed by atoms with Crippen molar-refractivity contribution in [3.63, 3.8) is 0 Å². The van der Waals surface area contributed by atoms with Crippen LogP contribution in [0.5, 0.6) is 0 Å². The van der Waals surface area contributed by atoms with Crippen LogP contribution in [0.15, 0.2) is 24.3 Å². The van der Waals surface area contributed by atoms with Crippen LogP contribution in [0.2, 0.25) is 0 Å². The van der Waals surface area contributed by atoms with Gasteiger partial charge in [0, 0.05) is 12.1 Å². The van der Waals surface area contributed by atoms with Crippen molar-refractivity contribution in [2.45, 2.75) is 51.2 Å². The molecule has 0 aromatic heterocycles. The topological polar surface area (TPSA) is 81.8 Å². The van der Waals surface area contributed by atoms with E-state index < -0.39 is 29.4 Å². The largest absolute Gasteiger partial charge is 0.352 e. The minimum atomic E-state index is -1.03. The summed E-state index contributed by atoms with van der Waals surface area (Å²) in [6, 6.07) is 4.74. The van der Waals surface area contributed by atoms with E-state index in [0.29, 0.717) is 5.56 Å². The number of rotatable bonds is 6. The summed E-state index contributed by atoms with van der Waals surface area (Å²) < 4.78 is 14.4. The van der Waals surface area contributed by atoms with Crippen LogP contribution in [0, 0.1) is 5.82 Å². The van der Waals surface area contributed by atoms with Crippen molar-refractivity contribution >= 4 is 17.8 Å². The molecule has 8 heteroatoms. The van der Waals surface area contributed by atoms with E-state index >= 15 is 0 Å². The SMILES string of the molecule is C[C@H](C(=O)NC[C@H](c1ccccc1F)N1CCCC1)N1C(=O)NC(C)(C)C1=O. The Morgan fingerprint density at radius 1 is 1.25 bits per heavy atom. The summed E-state index contributed by atoms with van der Waals surface area (Å²) in [5.74, 6) is -1.19. The van der Waals surface area contributed by atoms with Crippen LogP contribution >= 0.6 is 0 Å². The predicted octanol–water partition coefficient (Wildman–Crippen LogP) is 1.80. The number of hydrogen-bond donors (Lipinski definition) is 2. The van der Waals surface area contributed by atoms with Gasteiger partial charge in [-0.05, 0) is 52.8 Å². The third kappa shape index (κ3) is 3.87. The van der Waals surface area contributed by atoms with Crippen LogP contribution in [0.4, 0.5) is 9.18 Å². The van der Waals surface area contributed by atoms with Crippen molar-refractivity contribution in [3.8, 4) is 0 Å². The minimum Gasteiger partial charge on any atom is -0.352 e. The Kier molecular flexibility index (Phi) is 5.69. The Hall–Kier alpha value is -2.48. The Morgan fingerprint density at radius 2 is 1.89 bits per heavy atom. The van der Waals surface area contributed by atoms with E-state index in [1.165, 1.54) is 13.0 Å². The number of imide groups is 1. The highest BCUT2D eigenvalue weighted by atomic mass is 19.1. The monoisotopic (exact) mass is 390 g/mol. The van der Waals surface area contributed by atoms with Gasteiger partial charge in [-0.3, -0.25) is 14.5 Å². The fourth-order valence-electron chi connectivity index (χ4n) is 3.82. The van der Waals surface area contributed by atoms with Crippen molar-refractivity contribution in [1.29, 1.82) is 0 Å². The number of nitrogens with zero attached hydrogens (tertiary/aromatic N) is 2. The summed E-state index contributed by atoms with van der Waals surface area (Å²) in [5.41, 5.74) is -0.495. The Labute approximate surface area is 164 Å². The van der Waals surface area contributed by atoms with Crippen LogP contribution in [0.1, 0.15) is 45.2 Å². The molecule has 2 aliphatic rings. The van der Waals surface area contributed by atoms with Crippen LogP contribution in [-0.4, -0.2) is 58.9 Å². The van der Waals surface area contributed by atoms with Crippen molar-refractivity contribution in [2.24, 2.45) is 0 Å². The number of amides is 4. The highest BCUT2D eigenvalue weighted by Crippen LogP contribution is 2.27. The first kappa shape index (κ1) is 20.3. The summed E-state index contributed by atoms with van der Waals surface area (Å²) in [6.45, 7) is 6.59. The van der Waals surface area contributed by atoms with E-state index in [9.17, 15) is 18.8 Å². The Balaban J connectivity index is 1.71. The van der Waals surface area contributed by atoms with Gasteiger partial charge >= 0.3 is 6.03 Å². The molecule has 0 bridgehead atoms. The quantitative estimate of drug-likeness (QED) is 0.726. The fraction of sp³-hybridized carbons (Fsp3) is 0.550. The lowest BCUT2D eigenvalue weighted by Crippen LogP contribution is -2.50. The molecule has 1 aromatic rings. The van der Waals surface area contributed by atoms with Gasteiger partial charge in [-0.1, -0.05) is 18.2 Å². The zero-order valence-corrected chi connectivity index (χ0v) is 16.5. The Morgan fingerprint density at radius 3 is 2.46 bits per heavy atom. The summed E-state index contributed by atoms with van der Waals surface area (Å²) in [7, 11) is 0. The molecule has 4 amide bonds. The predicted molar refractivity (Wildman–Crippen MR) is 102 cm³/mol. The molecular weight excluding hydrogens is 363 g/mol. The lowest BCUT2D eigenvalue weighted by atomic mass is 10.0. The molecule has 2 fully saturated rings. The molecule has 2 heterocycles. The van der Waals surface area contributed by atoms with Crippen LogP contribution in [-0.2, 0) is 9.59 Å². The van der Waals surface area contributed by atoms with E-state index in [2.05, 4.69) is 15.5 Å². The lowest BCUT2D eigenvalue weighted by Gasteiger charge is -2.29. The van der Waals surface area contributed by atoms with Gasteiger partial charge in [0.2, 0.25) is 5.91 Å². The van der Waals surface area contributed by atoms with Gasteiger partial charge in [-0.25, -0.2) is 14.1 Å². The first-order valence-electron chi connectivity index (χ1n) is 9.64. The lowest BCUT2D eigenvalue weighted by molar-refractivity contribution is -0.137. The smallest absolute Gasteiger partial charge is 0.325 e. The maximum Gasteiger partial charge on any atom is 0.325 e. The maximum atomic E-state index is 14.4. The molecule has 0 unspecified atom stereocenters. The molecule has 2 aliphatic heterocycles. The molecule has 2 atom stereocenters. The van der Waals surface area contributed by atoms with E-state index in [1.54, 1.807) is 32.0 Å². The second kappa shape index (κ2) is 7.87. The van der Waals surface area contributed by atoms with Crippen LogP contribution in [0.3, 0.4) is 0 Å². The van der Waals surface area contributed by atoms with E-state index in [0.717, 1.165) is 30.8 Å². The van der Waals surface area contributed by atoms with E-state index in [4.69, 9.17) is 0 Å². The maximum absolute atomic E-state index is 14.4. The minimum absolute atomic E-state index is 0.206. The van der Waals surface area contributed by atoms with E-state index in [-0.39, 0.29) is 18.4 Å². The van der Waals surface area contributed by atoms with Gasteiger partial charge in [-0.15, -0.1) is 0 Å². The molecule has 3 rings (SSSR count). The highest BCUT2D eigenvalue weighted by molar-refractivity contribution is 6.09. The third-order valence-electron chi connectivity index (χ3n) is 5.47. The van der Waals surface area contributed by atoms with E-state index in [1.807, 2.05) is 0 Å². The van der Waals surface area contributed by atoms with Crippen LogP contribution in [0.25, 0.3) is 0 Å². The van der Waals surface area contributed by atoms with Gasteiger partial charge in [0.05, 0.1) is 6.04 Å². The second-order valence-corrected chi connectivity index (χ2v) is 7.93. The number of halogens is 1. The third-order valence-corrected chi connectivity index (χ3v) is 5.47. The summed E-state index contributed by atoms with van der Waals surface area (Å²) in [4.78, 5) is 40.3. The van der Waals surface area contributed by atoms with Crippen LogP contribution < -0.4 is 10.6 Å². The first-order chi connectivity index (χ1) is 13.2. The molecule has 0 radical (unpaired) electrons. The highest BCUT2D eigenvalue weighted by Gasteiger charge is 2.47. The van der Waals surface area contributed by atoms with Crippen molar-refractivity contribution in [3.05, 3.63) is 35.6 Å². The fourth-order valence-corrected chi connectivity index (χ4v) is 3.82. The first-order valence-corrected chi connectivity index (χ1v) is 9.64. The number of carbonyl (C=O) groups is 3. The van der Waals surface area contributed by atoms with Gasteiger partial charge in [-0.2, -0.15) is 0 Å². The normalized spacial score (nSPS) is 21.5. The zero-order chi connectivity index (χ0) is 20.5. The number of urea groups is 1. The van der Waals surface area contributed by atoms with Gasteiger partial charge in [0.15, 0.2) is 0 Å². The molecule has 0 saturated carbocycles. The number of benzene rings is 1. The van der Waals surface area contributed by atoms with Gasteiger partial charge in [0.25, 0.3) is 5.91 Å². The molecular formula is C20H27FN4O3. The molecule has 7 nitrogen and oxygen atoms in total. The summed E-state index contributed by atoms with van der Waals surface area (Å²) in [6.07, 6.45) is 2.07. The molecule has 1 aromatic carbocycles. The summed E-state index contributed by atoms with van der Waals surface area (Å²) in [5, 5.41) is 5.38. The van der Waals surface area contributed by atoms with Gasteiger partial charge < -0.3 is 10.6 Å². The Bertz CT molecular complexity index is 776. The van der Waals surface area contributed by atoms with Crippen molar-refractivity contribution in [2.75, 3.05) is 19.6 Å². The molecule has 152 valence electrons. The zero-order valence-electron chi connectivity index (χ0n) is 16.5. The molecule has 0 aliphatic carbocycles. The van der Waals surface area contributed by atoms with Crippen molar-refractivity contribution in [1.82, 2.24) is 20.4 Å². The number of nitrogens with one attached hydrogen (secondary N) is 2.